The van der Waals surface area contributed by atoms with Crippen LogP contribution in [0.5, 0.6) is 11.5 Å². The summed E-state index contributed by atoms with van der Waals surface area (Å²) in [6, 6.07) is 17.3. The third-order valence-electron chi connectivity index (χ3n) is 4.55. The van der Waals surface area contributed by atoms with E-state index in [-0.39, 0.29) is 5.91 Å². The lowest BCUT2D eigenvalue weighted by molar-refractivity contribution is 0.0950. The lowest BCUT2D eigenvalue weighted by Gasteiger charge is -2.07. The van der Waals surface area contributed by atoms with Gasteiger partial charge in [0.2, 0.25) is 0 Å². The van der Waals surface area contributed by atoms with Crippen LogP contribution in [0.4, 0.5) is 0 Å². The Kier molecular flexibility index (Phi) is 5.48. The topological polar surface area (TPSA) is 64.9 Å². The van der Waals surface area contributed by atoms with Crippen LogP contribution in [-0.2, 0) is 0 Å². The number of methoxy groups -OCH3 is 1. The number of nitrogens with one attached hydrogen (secondary N) is 1. The van der Waals surface area contributed by atoms with Crippen molar-refractivity contribution in [2.24, 2.45) is 0 Å². The summed E-state index contributed by atoms with van der Waals surface area (Å²) in [5, 5.41) is 2.91. The Morgan fingerprint density at radius 1 is 1.10 bits per heavy atom. The van der Waals surface area contributed by atoms with Gasteiger partial charge in [-0.25, -0.2) is 4.98 Å². The van der Waals surface area contributed by atoms with Crippen molar-refractivity contribution in [3.63, 3.8) is 0 Å². The molecule has 0 radical (unpaired) electrons. The van der Waals surface area contributed by atoms with E-state index in [4.69, 9.17) is 9.47 Å². The Hall–Kier alpha value is -3.32. The van der Waals surface area contributed by atoms with Crippen LogP contribution in [-0.4, -0.2) is 35.6 Å². The zero-order valence-electron chi connectivity index (χ0n) is 16.2. The summed E-state index contributed by atoms with van der Waals surface area (Å²) in [5.74, 6) is 1.49. The van der Waals surface area contributed by atoms with Gasteiger partial charge in [-0.2, -0.15) is 0 Å². The predicted molar refractivity (Wildman–Crippen MR) is 114 cm³/mol. The molecule has 0 aliphatic carbocycles. The van der Waals surface area contributed by atoms with Crippen molar-refractivity contribution < 1.29 is 14.3 Å². The van der Waals surface area contributed by atoms with Gasteiger partial charge in [-0.1, -0.05) is 29.5 Å². The largest absolute Gasteiger partial charge is 0.497 e. The number of fused-ring (bicyclic) bond motifs is 1. The number of aromatic nitrogens is 2. The van der Waals surface area contributed by atoms with E-state index < -0.39 is 0 Å². The first-order valence-electron chi connectivity index (χ1n) is 9.24. The molecule has 0 atom stereocenters. The van der Waals surface area contributed by atoms with Gasteiger partial charge in [-0.05, 0) is 43.3 Å². The summed E-state index contributed by atoms with van der Waals surface area (Å²) < 4.78 is 12.8. The minimum absolute atomic E-state index is 0.111. The molecule has 4 rings (SSSR count). The summed E-state index contributed by atoms with van der Waals surface area (Å²) in [7, 11) is 1.64. The minimum atomic E-state index is -0.111. The number of thiazole rings is 1. The highest BCUT2D eigenvalue weighted by molar-refractivity contribution is 7.19. The van der Waals surface area contributed by atoms with Gasteiger partial charge in [0.1, 0.15) is 23.0 Å². The zero-order valence-corrected chi connectivity index (χ0v) is 17.0. The molecule has 0 spiro atoms. The van der Waals surface area contributed by atoms with Gasteiger partial charge in [0.05, 0.1) is 19.3 Å². The number of carbonyl (C=O) groups excluding carboxylic acids is 1. The molecule has 0 saturated carbocycles. The van der Waals surface area contributed by atoms with Crippen LogP contribution in [0.25, 0.3) is 16.2 Å². The number of benzene rings is 2. The maximum absolute atomic E-state index is 12.6. The summed E-state index contributed by atoms with van der Waals surface area (Å²) in [4.78, 5) is 18.7. The van der Waals surface area contributed by atoms with E-state index >= 15 is 0 Å². The van der Waals surface area contributed by atoms with Crippen molar-refractivity contribution >= 4 is 22.2 Å². The first-order valence-corrected chi connectivity index (χ1v) is 10.1. The molecule has 0 aliphatic heterocycles. The Morgan fingerprint density at radius 2 is 1.86 bits per heavy atom. The van der Waals surface area contributed by atoms with E-state index in [9.17, 15) is 4.79 Å². The Morgan fingerprint density at radius 3 is 2.55 bits per heavy atom. The second-order valence-corrected chi connectivity index (χ2v) is 7.42. The third kappa shape index (κ3) is 4.09. The average Bonchev–Trinajstić information content (AvgIpc) is 3.31. The van der Waals surface area contributed by atoms with Crippen LogP contribution >= 0.6 is 11.3 Å². The van der Waals surface area contributed by atoms with Crippen molar-refractivity contribution in [1.82, 2.24) is 14.7 Å². The number of hydrogen-bond acceptors (Lipinski definition) is 5. The van der Waals surface area contributed by atoms with E-state index in [1.54, 1.807) is 7.11 Å². The number of para-hydroxylation sites is 1. The second-order valence-electron chi connectivity index (χ2n) is 6.44. The van der Waals surface area contributed by atoms with Crippen LogP contribution in [0.3, 0.4) is 0 Å². The molecule has 0 fully saturated rings. The quantitative estimate of drug-likeness (QED) is 0.467. The van der Waals surface area contributed by atoms with Crippen molar-refractivity contribution in [1.29, 1.82) is 0 Å². The lowest BCUT2D eigenvalue weighted by Crippen LogP contribution is -2.28. The fourth-order valence-corrected chi connectivity index (χ4v) is 4.02. The molecule has 4 aromatic rings. The van der Waals surface area contributed by atoms with Gasteiger partial charge in [0, 0.05) is 17.5 Å². The molecule has 2 aromatic heterocycles. The highest BCUT2D eigenvalue weighted by Gasteiger charge is 2.18. The maximum Gasteiger partial charge on any atom is 0.263 e. The summed E-state index contributed by atoms with van der Waals surface area (Å²) in [5.41, 5.74) is 2.74. The predicted octanol–water partition coefficient (Wildman–Crippen LogP) is 4.19. The first kappa shape index (κ1) is 19.0. The molecular weight excluding hydrogens is 386 g/mol. The van der Waals surface area contributed by atoms with Crippen LogP contribution in [0.15, 0.2) is 60.8 Å². The molecule has 148 valence electrons. The van der Waals surface area contributed by atoms with Gasteiger partial charge in [-0.15, -0.1) is 0 Å². The Labute approximate surface area is 172 Å². The molecule has 2 aromatic carbocycles. The highest BCUT2D eigenvalue weighted by Crippen LogP contribution is 2.28. The molecule has 0 unspecified atom stereocenters. The standard InChI is InChI=1S/C22H21N3O3S/c1-15-20(21(26)23-12-13-28-18-6-4-3-5-7-18)29-22-24-19(14-25(15)22)16-8-10-17(27-2)11-9-16/h3-11,14H,12-13H2,1-2H3,(H,23,26). The van der Waals surface area contributed by atoms with Crippen LogP contribution in [0.2, 0.25) is 0 Å². The molecule has 0 saturated heterocycles. The summed E-state index contributed by atoms with van der Waals surface area (Å²) >= 11 is 1.38. The average molecular weight is 407 g/mol. The van der Waals surface area contributed by atoms with Crippen molar-refractivity contribution in [3.05, 3.63) is 71.4 Å². The zero-order chi connectivity index (χ0) is 20.2. The van der Waals surface area contributed by atoms with E-state index in [0.717, 1.165) is 33.4 Å². The van der Waals surface area contributed by atoms with Crippen molar-refractivity contribution in [2.75, 3.05) is 20.3 Å². The minimum Gasteiger partial charge on any atom is -0.497 e. The number of ether oxygens (including phenoxy) is 2. The van der Waals surface area contributed by atoms with E-state index in [1.165, 1.54) is 11.3 Å². The summed E-state index contributed by atoms with van der Waals surface area (Å²) in [6.07, 6.45) is 1.96. The number of carbonyl (C=O) groups is 1. The SMILES string of the molecule is COc1ccc(-c2cn3c(C)c(C(=O)NCCOc4ccccc4)sc3n2)cc1. The van der Waals surface area contributed by atoms with Crippen molar-refractivity contribution in [2.45, 2.75) is 6.92 Å². The third-order valence-corrected chi connectivity index (χ3v) is 5.70. The normalized spacial score (nSPS) is 10.8. The van der Waals surface area contributed by atoms with Gasteiger partial charge < -0.3 is 14.8 Å². The van der Waals surface area contributed by atoms with Gasteiger partial charge in [-0.3, -0.25) is 9.20 Å². The number of rotatable bonds is 7. The van der Waals surface area contributed by atoms with E-state index in [0.29, 0.717) is 18.0 Å². The van der Waals surface area contributed by atoms with Gasteiger partial charge in [0.25, 0.3) is 5.91 Å². The van der Waals surface area contributed by atoms with Crippen LogP contribution in [0, 0.1) is 6.92 Å². The van der Waals surface area contributed by atoms with Crippen molar-refractivity contribution in [3.8, 4) is 22.8 Å². The molecule has 29 heavy (non-hydrogen) atoms. The van der Waals surface area contributed by atoms with Gasteiger partial charge >= 0.3 is 0 Å². The highest BCUT2D eigenvalue weighted by atomic mass is 32.1. The lowest BCUT2D eigenvalue weighted by atomic mass is 10.2. The summed E-state index contributed by atoms with van der Waals surface area (Å²) in [6.45, 7) is 2.78. The second kappa shape index (κ2) is 8.36. The fraction of sp³-hybridized carbons (Fsp3) is 0.182. The van der Waals surface area contributed by atoms with E-state index in [2.05, 4.69) is 10.3 Å². The van der Waals surface area contributed by atoms with E-state index in [1.807, 2.05) is 72.1 Å². The molecular formula is C22H21N3O3S. The molecule has 1 amide bonds. The fourth-order valence-electron chi connectivity index (χ4n) is 2.99. The molecule has 7 heteroatoms. The van der Waals surface area contributed by atoms with Crippen LogP contribution in [0.1, 0.15) is 15.4 Å². The Balaban J connectivity index is 1.42. The number of nitrogens with zero attached hydrogens (tertiary/aromatic N) is 2. The number of imidazole rings is 1. The smallest absolute Gasteiger partial charge is 0.263 e. The first-order chi connectivity index (χ1) is 14.2. The molecule has 0 bridgehead atoms. The maximum atomic E-state index is 12.6. The van der Waals surface area contributed by atoms with Crippen LogP contribution < -0.4 is 14.8 Å². The Bertz CT molecular complexity index is 1120. The molecule has 2 heterocycles. The molecule has 6 nitrogen and oxygen atoms in total. The number of aryl methyl sites for hydroxylation is 1. The van der Waals surface area contributed by atoms with Gasteiger partial charge in [0.15, 0.2) is 4.96 Å². The number of amides is 1. The molecule has 1 N–H and O–H groups in total. The monoisotopic (exact) mass is 407 g/mol. The molecule has 0 aliphatic rings. The number of hydrogen-bond donors (Lipinski definition) is 1.